The highest BCUT2D eigenvalue weighted by atomic mass is 32.2. The molecule has 1 aromatic rings. The second kappa shape index (κ2) is 5.21. The van der Waals surface area contributed by atoms with Crippen molar-refractivity contribution in [2.75, 3.05) is 16.8 Å². The van der Waals surface area contributed by atoms with E-state index in [1.165, 1.54) is 0 Å². The predicted octanol–water partition coefficient (Wildman–Crippen LogP) is 2.51. The molecule has 2 N–H and O–H groups in total. The quantitative estimate of drug-likeness (QED) is 0.874. The number of hydrogen-bond donors (Lipinski definition) is 2. The van der Waals surface area contributed by atoms with E-state index in [2.05, 4.69) is 10.4 Å². The van der Waals surface area contributed by atoms with Crippen molar-refractivity contribution in [1.29, 1.82) is 0 Å². The maximum Gasteiger partial charge on any atom is 0.434 e. The molecular formula is C10H12F3N3OS. The fourth-order valence-corrected chi connectivity index (χ4v) is 2.92. The van der Waals surface area contributed by atoms with Crippen LogP contribution in [-0.2, 0) is 11.0 Å². The Morgan fingerprint density at radius 2 is 2.33 bits per heavy atom. The summed E-state index contributed by atoms with van der Waals surface area (Å²) >= 11 is 1.65. The van der Waals surface area contributed by atoms with Gasteiger partial charge >= 0.3 is 6.18 Å². The molecule has 2 rings (SSSR count). The number of carbonyl (C=O) groups excluding carboxylic acids is 1. The Labute approximate surface area is 106 Å². The molecule has 0 saturated carbocycles. The van der Waals surface area contributed by atoms with Crippen molar-refractivity contribution in [1.82, 2.24) is 10.2 Å². The average molecular weight is 279 g/mol. The third kappa shape index (κ3) is 2.98. The van der Waals surface area contributed by atoms with E-state index in [1.807, 2.05) is 5.10 Å². The van der Waals surface area contributed by atoms with Gasteiger partial charge in [0, 0.05) is 11.7 Å². The van der Waals surface area contributed by atoms with Crippen LogP contribution < -0.4 is 5.32 Å². The predicted molar refractivity (Wildman–Crippen MR) is 62.3 cm³/mol. The number of alkyl halides is 3. The molecule has 8 heteroatoms. The zero-order valence-corrected chi connectivity index (χ0v) is 10.2. The molecule has 0 bridgehead atoms. The molecular weight excluding hydrogens is 267 g/mol. The lowest BCUT2D eigenvalue weighted by atomic mass is 10.0. The molecule has 18 heavy (non-hydrogen) atoms. The van der Waals surface area contributed by atoms with Crippen LogP contribution in [0, 0.1) is 5.92 Å². The summed E-state index contributed by atoms with van der Waals surface area (Å²) in [7, 11) is 0. The van der Waals surface area contributed by atoms with Gasteiger partial charge in [0.2, 0.25) is 5.91 Å². The van der Waals surface area contributed by atoms with Crippen LogP contribution in [0.15, 0.2) is 6.20 Å². The van der Waals surface area contributed by atoms with Gasteiger partial charge in [-0.2, -0.15) is 30.0 Å². The molecule has 1 atom stereocenters. The van der Waals surface area contributed by atoms with E-state index in [0.29, 0.717) is 5.75 Å². The van der Waals surface area contributed by atoms with E-state index < -0.39 is 11.9 Å². The molecule has 1 unspecified atom stereocenters. The largest absolute Gasteiger partial charge is 0.434 e. The van der Waals surface area contributed by atoms with Crippen molar-refractivity contribution in [2.45, 2.75) is 19.0 Å². The minimum absolute atomic E-state index is 0.222. The minimum Gasteiger partial charge on any atom is -0.323 e. The van der Waals surface area contributed by atoms with Gasteiger partial charge in [-0.25, -0.2) is 0 Å². The summed E-state index contributed by atoms with van der Waals surface area (Å²) in [6.07, 6.45) is -1.92. The maximum absolute atomic E-state index is 12.5. The van der Waals surface area contributed by atoms with Crippen LogP contribution >= 0.6 is 11.8 Å². The highest BCUT2D eigenvalue weighted by molar-refractivity contribution is 7.99. The Balaban J connectivity index is 2.05. The van der Waals surface area contributed by atoms with Gasteiger partial charge in [-0.05, 0) is 18.6 Å². The summed E-state index contributed by atoms with van der Waals surface area (Å²) in [6.45, 7) is 0. The standard InChI is InChI=1S/C10H12F3N3OS/c11-10(12,13)8-7(4-14-16-8)15-9(17)6-2-1-3-18-5-6/h4,6H,1-3,5H2,(H,14,16)(H,15,17). The van der Waals surface area contributed by atoms with Gasteiger partial charge in [-0.1, -0.05) is 0 Å². The van der Waals surface area contributed by atoms with E-state index in [9.17, 15) is 18.0 Å². The topological polar surface area (TPSA) is 57.8 Å². The molecule has 0 aromatic carbocycles. The normalized spacial score (nSPS) is 20.7. The summed E-state index contributed by atoms with van der Waals surface area (Å²) in [5.41, 5.74) is -1.32. The Hall–Kier alpha value is -1.18. The number of thioether (sulfide) groups is 1. The van der Waals surface area contributed by atoms with E-state index in [-0.39, 0.29) is 17.5 Å². The summed E-state index contributed by atoms with van der Waals surface area (Å²) in [5.74, 6) is 1.07. The summed E-state index contributed by atoms with van der Waals surface area (Å²) in [5, 5.41) is 7.48. The number of hydrogen-bond acceptors (Lipinski definition) is 3. The highest BCUT2D eigenvalue weighted by Crippen LogP contribution is 2.33. The van der Waals surface area contributed by atoms with Crippen molar-refractivity contribution in [3.8, 4) is 0 Å². The first-order valence-electron chi connectivity index (χ1n) is 5.47. The molecule has 1 aliphatic heterocycles. The number of rotatable bonds is 2. The summed E-state index contributed by atoms with van der Waals surface area (Å²) in [6, 6.07) is 0. The monoisotopic (exact) mass is 279 g/mol. The molecule has 100 valence electrons. The Bertz CT molecular complexity index is 426. The first-order chi connectivity index (χ1) is 8.48. The van der Waals surface area contributed by atoms with E-state index in [4.69, 9.17) is 0 Å². The van der Waals surface area contributed by atoms with Crippen molar-refractivity contribution in [2.24, 2.45) is 5.92 Å². The number of halogens is 3. The van der Waals surface area contributed by atoms with Crippen LogP contribution in [0.4, 0.5) is 18.9 Å². The average Bonchev–Trinajstić information content (AvgIpc) is 2.78. The molecule has 1 aromatic heterocycles. The lowest BCUT2D eigenvalue weighted by molar-refractivity contribution is -0.140. The number of carbonyl (C=O) groups is 1. The van der Waals surface area contributed by atoms with Crippen LogP contribution in [0.2, 0.25) is 0 Å². The molecule has 0 aliphatic carbocycles. The molecule has 0 radical (unpaired) electrons. The van der Waals surface area contributed by atoms with E-state index >= 15 is 0 Å². The Kier molecular flexibility index (Phi) is 3.84. The molecule has 2 heterocycles. The smallest absolute Gasteiger partial charge is 0.323 e. The van der Waals surface area contributed by atoms with Crippen molar-refractivity contribution in [3.63, 3.8) is 0 Å². The molecule has 1 saturated heterocycles. The first-order valence-corrected chi connectivity index (χ1v) is 6.63. The van der Waals surface area contributed by atoms with Gasteiger partial charge in [-0.3, -0.25) is 9.89 Å². The SMILES string of the molecule is O=C(Nc1cn[nH]c1C(F)(F)F)C1CCCSC1. The lowest BCUT2D eigenvalue weighted by Crippen LogP contribution is -2.27. The Morgan fingerprint density at radius 1 is 1.56 bits per heavy atom. The molecule has 0 spiro atoms. The van der Waals surface area contributed by atoms with Crippen molar-refractivity contribution in [3.05, 3.63) is 11.9 Å². The van der Waals surface area contributed by atoms with Gasteiger partial charge in [0.25, 0.3) is 0 Å². The van der Waals surface area contributed by atoms with Gasteiger partial charge in [0.05, 0.1) is 11.9 Å². The number of H-pyrrole nitrogens is 1. The zero-order valence-electron chi connectivity index (χ0n) is 9.38. The molecule has 1 fully saturated rings. The number of nitrogens with zero attached hydrogens (tertiary/aromatic N) is 1. The zero-order chi connectivity index (χ0) is 13.2. The van der Waals surface area contributed by atoms with Crippen LogP contribution in [0.5, 0.6) is 0 Å². The number of amides is 1. The molecule has 1 aliphatic rings. The molecule has 1 amide bonds. The van der Waals surface area contributed by atoms with Crippen LogP contribution in [0.25, 0.3) is 0 Å². The summed E-state index contributed by atoms with van der Waals surface area (Å²) < 4.78 is 37.6. The summed E-state index contributed by atoms with van der Waals surface area (Å²) in [4.78, 5) is 11.8. The number of nitrogens with one attached hydrogen (secondary N) is 2. The lowest BCUT2D eigenvalue weighted by Gasteiger charge is -2.20. The minimum atomic E-state index is -4.54. The first kappa shape index (κ1) is 13.3. The van der Waals surface area contributed by atoms with Crippen molar-refractivity contribution < 1.29 is 18.0 Å². The van der Waals surface area contributed by atoms with Gasteiger partial charge in [-0.15, -0.1) is 0 Å². The number of aromatic amines is 1. The van der Waals surface area contributed by atoms with Gasteiger partial charge in [0.15, 0.2) is 5.69 Å². The second-order valence-corrected chi connectivity index (χ2v) is 5.21. The van der Waals surface area contributed by atoms with Gasteiger partial charge < -0.3 is 5.32 Å². The molecule has 4 nitrogen and oxygen atoms in total. The van der Waals surface area contributed by atoms with E-state index in [1.54, 1.807) is 11.8 Å². The van der Waals surface area contributed by atoms with Gasteiger partial charge in [0.1, 0.15) is 0 Å². The second-order valence-electron chi connectivity index (χ2n) is 4.06. The number of anilines is 1. The number of aromatic nitrogens is 2. The third-order valence-electron chi connectivity index (χ3n) is 2.71. The van der Waals surface area contributed by atoms with Crippen molar-refractivity contribution >= 4 is 23.4 Å². The fraction of sp³-hybridized carbons (Fsp3) is 0.600. The van der Waals surface area contributed by atoms with Crippen LogP contribution in [-0.4, -0.2) is 27.6 Å². The van der Waals surface area contributed by atoms with Crippen LogP contribution in [0.3, 0.4) is 0 Å². The Morgan fingerprint density at radius 3 is 2.94 bits per heavy atom. The van der Waals surface area contributed by atoms with Crippen LogP contribution in [0.1, 0.15) is 18.5 Å². The highest BCUT2D eigenvalue weighted by Gasteiger charge is 2.36. The third-order valence-corrected chi connectivity index (χ3v) is 3.93. The fourth-order valence-electron chi connectivity index (χ4n) is 1.78. The van der Waals surface area contributed by atoms with E-state index in [0.717, 1.165) is 24.8 Å². The maximum atomic E-state index is 12.5.